The lowest BCUT2D eigenvalue weighted by atomic mass is 10.2. The van der Waals surface area contributed by atoms with Crippen molar-refractivity contribution in [3.8, 4) is 11.4 Å². The largest absolute Gasteiger partial charge is 0.495 e. The number of benzene rings is 2. The molecular formula is C23H22N4O4. The lowest BCUT2D eigenvalue weighted by Gasteiger charge is -2.12. The number of anilines is 1. The molecule has 1 atom stereocenters. The van der Waals surface area contributed by atoms with Crippen LogP contribution in [0.2, 0.25) is 0 Å². The van der Waals surface area contributed by atoms with Crippen LogP contribution in [0.3, 0.4) is 0 Å². The minimum absolute atomic E-state index is 0.0837. The average Bonchev–Trinajstić information content (AvgIpc) is 3.41. The highest BCUT2D eigenvalue weighted by atomic mass is 16.6. The van der Waals surface area contributed by atoms with Crippen molar-refractivity contribution in [3.63, 3.8) is 0 Å². The lowest BCUT2D eigenvalue weighted by molar-refractivity contribution is 0.0163. The Kier molecular flexibility index (Phi) is 4.91. The highest BCUT2D eigenvalue weighted by Crippen LogP contribution is 2.34. The van der Waals surface area contributed by atoms with Crippen LogP contribution in [0, 0.1) is 0 Å². The molecule has 8 nitrogen and oxygen atoms in total. The van der Waals surface area contributed by atoms with E-state index in [1.807, 2.05) is 48.5 Å². The molecule has 1 saturated heterocycles. The van der Waals surface area contributed by atoms with Gasteiger partial charge in [-0.3, -0.25) is 4.57 Å². The van der Waals surface area contributed by atoms with Crippen molar-refractivity contribution in [1.82, 2.24) is 14.5 Å². The number of nitrogens with two attached hydrogens (primary N) is 1. The molecular weight excluding hydrogens is 396 g/mol. The third-order valence-corrected chi connectivity index (χ3v) is 5.45. The molecule has 0 radical (unpaired) electrons. The number of carbonyl (C=O) groups is 1. The zero-order valence-corrected chi connectivity index (χ0v) is 17.1. The minimum atomic E-state index is -0.545. The number of nitrogens with zero attached hydrogens (tertiary/aromatic N) is 3. The lowest BCUT2D eigenvalue weighted by Crippen LogP contribution is -2.18. The Labute approximate surface area is 178 Å². The van der Waals surface area contributed by atoms with Gasteiger partial charge in [0.25, 0.3) is 0 Å². The summed E-state index contributed by atoms with van der Waals surface area (Å²) in [5.74, 6) is 0.253. The van der Waals surface area contributed by atoms with E-state index in [1.165, 1.54) is 0 Å². The minimum Gasteiger partial charge on any atom is -0.495 e. The maximum atomic E-state index is 13.1. The van der Waals surface area contributed by atoms with Crippen LogP contribution in [0.1, 0.15) is 23.2 Å². The van der Waals surface area contributed by atoms with Crippen LogP contribution < -0.4 is 10.5 Å². The average molecular weight is 418 g/mol. The van der Waals surface area contributed by atoms with Gasteiger partial charge in [0.15, 0.2) is 5.65 Å². The molecule has 2 aromatic heterocycles. The number of para-hydroxylation sites is 4. The van der Waals surface area contributed by atoms with Crippen LogP contribution in [0.4, 0.5) is 5.82 Å². The molecule has 0 saturated carbocycles. The summed E-state index contributed by atoms with van der Waals surface area (Å²) in [5.41, 5.74) is 9.58. The van der Waals surface area contributed by atoms with Gasteiger partial charge in [0.1, 0.15) is 29.3 Å². The highest BCUT2D eigenvalue weighted by molar-refractivity contribution is 6.09. The van der Waals surface area contributed by atoms with Crippen molar-refractivity contribution in [2.45, 2.75) is 18.9 Å². The molecule has 1 aliphatic heterocycles. The molecule has 4 aromatic rings. The van der Waals surface area contributed by atoms with Crippen LogP contribution in [-0.4, -0.2) is 46.9 Å². The molecule has 8 heteroatoms. The molecule has 2 N–H and O–H groups in total. The number of ether oxygens (including phenoxy) is 3. The van der Waals surface area contributed by atoms with Gasteiger partial charge < -0.3 is 19.9 Å². The van der Waals surface area contributed by atoms with Crippen LogP contribution in [0.15, 0.2) is 48.5 Å². The first-order chi connectivity index (χ1) is 15.2. The summed E-state index contributed by atoms with van der Waals surface area (Å²) >= 11 is 0. The summed E-state index contributed by atoms with van der Waals surface area (Å²) in [7, 11) is 1.58. The summed E-state index contributed by atoms with van der Waals surface area (Å²) in [4.78, 5) is 22.6. The van der Waals surface area contributed by atoms with E-state index >= 15 is 0 Å². The van der Waals surface area contributed by atoms with E-state index in [-0.39, 0.29) is 24.1 Å². The van der Waals surface area contributed by atoms with E-state index < -0.39 is 5.97 Å². The van der Waals surface area contributed by atoms with E-state index in [1.54, 1.807) is 11.7 Å². The van der Waals surface area contributed by atoms with Gasteiger partial charge in [0, 0.05) is 6.61 Å². The summed E-state index contributed by atoms with van der Waals surface area (Å²) in [6, 6.07) is 14.9. The molecule has 0 amide bonds. The summed E-state index contributed by atoms with van der Waals surface area (Å²) < 4.78 is 18.3. The predicted octanol–water partition coefficient (Wildman–Crippen LogP) is 3.50. The van der Waals surface area contributed by atoms with Gasteiger partial charge in [0.2, 0.25) is 0 Å². The number of aromatic nitrogens is 3. The second-order valence-corrected chi connectivity index (χ2v) is 7.39. The van der Waals surface area contributed by atoms with Gasteiger partial charge in [-0.05, 0) is 37.1 Å². The Bertz CT molecular complexity index is 1280. The number of rotatable bonds is 5. The van der Waals surface area contributed by atoms with E-state index in [2.05, 4.69) is 0 Å². The molecule has 1 fully saturated rings. The second kappa shape index (κ2) is 7.88. The van der Waals surface area contributed by atoms with Crippen LogP contribution in [0.5, 0.6) is 5.75 Å². The number of esters is 1. The monoisotopic (exact) mass is 418 g/mol. The molecule has 158 valence electrons. The molecule has 0 aliphatic carbocycles. The number of methoxy groups -OCH3 is 1. The van der Waals surface area contributed by atoms with E-state index in [0.29, 0.717) is 40.2 Å². The zero-order chi connectivity index (χ0) is 21.4. The Morgan fingerprint density at radius 2 is 1.90 bits per heavy atom. The smallest absolute Gasteiger partial charge is 0.344 e. The van der Waals surface area contributed by atoms with E-state index in [0.717, 1.165) is 12.8 Å². The third kappa shape index (κ3) is 3.34. The first-order valence-electron chi connectivity index (χ1n) is 10.2. The number of carbonyl (C=O) groups excluding carboxylic acids is 1. The number of nitrogen functional groups attached to an aromatic ring is 1. The van der Waals surface area contributed by atoms with Gasteiger partial charge >= 0.3 is 5.97 Å². The number of hydrogen-bond acceptors (Lipinski definition) is 7. The summed E-state index contributed by atoms with van der Waals surface area (Å²) in [6.45, 7) is 0.871. The fraction of sp³-hybridized carbons (Fsp3) is 0.261. The van der Waals surface area contributed by atoms with Crippen molar-refractivity contribution in [2.24, 2.45) is 0 Å². The molecule has 3 heterocycles. The SMILES string of the molecule is COc1ccccc1-n1c(N)c(C(=O)OCC2CCCO2)c2nc3ccccc3nc21. The van der Waals surface area contributed by atoms with Crippen molar-refractivity contribution in [2.75, 3.05) is 26.1 Å². The first-order valence-corrected chi connectivity index (χ1v) is 10.2. The number of fused-ring (bicyclic) bond motifs is 2. The fourth-order valence-electron chi connectivity index (χ4n) is 3.94. The molecule has 0 spiro atoms. The summed E-state index contributed by atoms with van der Waals surface area (Å²) in [5, 5.41) is 0. The molecule has 5 rings (SSSR count). The second-order valence-electron chi connectivity index (χ2n) is 7.39. The molecule has 1 aliphatic rings. The molecule has 2 aromatic carbocycles. The van der Waals surface area contributed by atoms with Crippen molar-refractivity contribution in [1.29, 1.82) is 0 Å². The third-order valence-electron chi connectivity index (χ3n) is 5.45. The standard InChI is InChI=1S/C23H22N4O4/c1-29-18-11-5-4-10-17(18)27-21(24)19(23(28)31-13-14-7-6-12-30-14)20-22(27)26-16-9-3-2-8-15(16)25-20/h2-5,8-11,14H,6-7,12-13,24H2,1H3. The predicted molar refractivity (Wildman–Crippen MR) is 117 cm³/mol. The molecule has 1 unspecified atom stereocenters. The molecule has 31 heavy (non-hydrogen) atoms. The Hall–Kier alpha value is -3.65. The molecule has 0 bridgehead atoms. The van der Waals surface area contributed by atoms with Gasteiger partial charge in [-0.1, -0.05) is 24.3 Å². The Balaban J connectivity index is 1.69. The maximum Gasteiger partial charge on any atom is 0.344 e. The van der Waals surface area contributed by atoms with Gasteiger partial charge in [-0.2, -0.15) is 0 Å². The van der Waals surface area contributed by atoms with Gasteiger partial charge in [0.05, 0.1) is 29.9 Å². The normalized spacial score (nSPS) is 16.1. The van der Waals surface area contributed by atoms with Gasteiger partial charge in [-0.15, -0.1) is 0 Å². The van der Waals surface area contributed by atoms with Crippen molar-refractivity contribution >= 4 is 34.0 Å². The van der Waals surface area contributed by atoms with Crippen LogP contribution in [-0.2, 0) is 9.47 Å². The number of hydrogen-bond donors (Lipinski definition) is 1. The van der Waals surface area contributed by atoms with Crippen molar-refractivity contribution < 1.29 is 19.0 Å². The quantitative estimate of drug-likeness (QED) is 0.495. The zero-order valence-electron chi connectivity index (χ0n) is 17.1. The van der Waals surface area contributed by atoms with Crippen LogP contribution in [0.25, 0.3) is 27.9 Å². The maximum absolute atomic E-state index is 13.1. The van der Waals surface area contributed by atoms with E-state index in [9.17, 15) is 4.79 Å². The fourth-order valence-corrected chi connectivity index (χ4v) is 3.94. The summed E-state index contributed by atoms with van der Waals surface area (Å²) in [6.07, 6.45) is 1.75. The Morgan fingerprint density at radius 1 is 1.16 bits per heavy atom. The van der Waals surface area contributed by atoms with Crippen LogP contribution >= 0.6 is 0 Å². The van der Waals surface area contributed by atoms with Crippen molar-refractivity contribution in [3.05, 3.63) is 54.1 Å². The Morgan fingerprint density at radius 3 is 2.65 bits per heavy atom. The topological polar surface area (TPSA) is 101 Å². The van der Waals surface area contributed by atoms with Gasteiger partial charge in [-0.25, -0.2) is 14.8 Å². The highest BCUT2D eigenvalue weighted by Gasteiger charge is 2.28. The first kappa shape index (κ1) is 19.3. The van der Waals surface area contributed by atoms with E-state index in [4.69, 9.17) is 29.9 Å².